The number of carbonyl (C=O) groups is 1. The highest BCUT2D eigenvalue weighted by molar-refractivity contribution is 5.66. The summed E-state index contributed by atoms with van der Waals surface area (Å²) < 4.78 is 10.7. The average Bonchev–Trinajstić information content (AvgIpc) is 2.69. The SMILES string of the molecule is C=C1CC[C@H](OC(C)=O)C(C)(C)[C@@H]1C/C=C(/C)CCC/C(C)=C/Cc1c(O)cc(C)oc1=O. The quantitative estimate of drug-likeness (QED) is 0.336. The minimum absolute atomic E-state index is 0.00487. The van der Waals surface area contributed by atoms with Crippen LogP contribution >= 0.6 is 0 Å². The molecule has 182 valence electrons. The minimum Gasteiger partial charge on any atom is -0.507 e. The normalized spacial score (nSPS) is 21.2. The van der Waals surface area contributed by atoms with Gasteiger partial charge in [-0.15, -0.1) is 0 Å². The minimum atomic E-state index is -0.474. The molecule has 1 aromatic heterocycles. The molecule has 2 atom stereocenters. The molecule has 1 aromatic rings. The number of hydrogen-bond acceptors (Lipinski definition) is 5. The summed E-state index contributed by atoms with van der Waals surface area (Å²) in [6, 6.07) is 1.48. The Labute approximate surface area is 198 Å². The molecule has 1 aliphatic carbocycles. The van der Waals surface area contributed by atoms with E-state index in [1.807, 2.05) is 6.08 Å². The molecule has 0 saturated heterocycles. The van der Waals surface area contributed by atoms with Crippen molar-refractivity contribution in [2.45, 2.75) is 92.6 Å². The molecule has 1 N–H and O–H groups in total. The average molecular weight is 457 g/mol. The zero-order chi connectivity index (χ0) is 24.8. The molecule has 1 aliphatic rings. The summed E-state index contributed by atoms with van der Waals surface area (Å²) in [7, 11) is 0. The molecular formula is C28H40O5. The summed E-state index contributed by atoms with van der Waals surface area (Å²) in [5.41, 5.74) is 3.48. The Balaban J connectivity index is 1.88. The molecule has 0 aromatic carbocycles. The molecule has 0 amide bonds. The fraction of sp³-hybridized carbons (Fsp3) is 0.571. The van der Waals surface area contributed by atoms with Gasteiger partial charge in [-0.3, -0.25) is 4.79 Å². The predicted molar refractivity (Wildman–Crippen MR) is 132 cm³/mol. The molecule has 0 radical (unpaired) electrons. The van der Waals surface area contributed by atoms with E-state index in [0.717, 1.165) is 38.5 Å². The third-order valence-corrected chi connectivity index (χ3v) is 6.90. The van der Waals surface area contributed by atoms with Crippen LogP contribution in [0.1, 0.15) is 84.5 Å². The third-order valence-electron chi connectivity index (χ3n) is 6.90. The smallest absolute Gasteiger partial charge is 0.343 e. The highest BCUT2D eigenvalue weighted by Gasteiger charge is 2.43. The molecule has 1 heterocycles. The number of allylic oxidation sites excluding steroid dienone is 5. The maximum atomic E-state index is 11.9. The van der Waals surface area contributed by atoms with Crippen LogP contribution in [0.15, 0.2) is 50.7 Å². The second-order valence-electron chi connectivity index (χ2n) is 10.1. The van der Waals surface area contributed by atoms with Crippen LogP contribution < -0.4 is 5.63 Å². The topological polar surface area (TPSA) is 76.7 Å². The molecule has 2 rings (SSSR count). The first-order valence-electron chi connectivity index (χ1n) is 11.9. The van der Waals surface area contributed by atoms with Crippen molar-refractivity contribution >= 4 is 5.97 Å². The molecule has 0 aliphatic heterocycles. The van der Waals surface area contributed by atoms with Gasteiger partial charge in [-0.2, -0.15) is 0 Å². The van der Waals surface area contributed by atoms with E-state index in [4.69, 9.17) is 9.15 Å². The fourth-order valence-electron chi connectivity index (χ4n) is 4.75. The van der Waals surface area contributed by atoms with Gasteiger partial charge in [0.25, 0.3) is 0 Å². The summed E-state index contributed by atoms with van der Waals surface area (Å²) in [6.45, 7) is 16.0. The van der Waals surface area contributed by atoms with Crippen LogP contribution in [0.25, 0.3) is 0 Å². The Morgan fingerprint density at radius 2 is 1.88 bits per heavy atom. The lowest BCUT2D eigenvalue weighted by atomic mass is 9.63. The van der Waals surface area contributed by atoms with Gasteiger partial charge in [0, 0.05) is 24.8 Å². The lowest BCUT2D eigenvalue weighted by Crippen LogP contribution is -2.43. The molecule has 0 unspecified atom stereocenters. The van der Waals surface area contributed by atoms with Crippen LogP contribution in [0.2, 0.25) is 0 Å². The molecule has 1 saturated carbocycles. The standard InChI is InChI=1S/C28H40O5/c1-18(11-14-23-25(30)17-21(4)32-27(23)31)9-8-10-19(2)12-15-24-20(3)13-16-26(28(24,6)7)33-22(5)29/h11-12,17,24,26,30H,3,8-10,13-16H2,1-2,4-7H3/b18-11+,19-12-/t24-,26+/m1/s1. The molecule has 0 bridgehead atoms. The van der Waals surface area contributed by atoms with Gasteiger partial charge in [0.1, 0.15) is 17.6 Å². The maximum Gasteiger partial charge on any atom is 0.343 e. The zero-order valence-corrected chi connectivity index (χ0v) is 21.1. The summed E-state index contributed by atoms with van der Waals surface area (Å²) in [6.07, 6.45) is 10.2. The van der Waals surface area contributed by atoms with Gasteiger partial charge < -0.3 is 14.3 Å². The Bertz CT molecular complexity index is 976. The van der Waals surface area contributed by atoms with Gasteiger partial charge in [0.2, 0.25) is 0 Å². The Morgan fingerprint density at radius 1 is 1.24 bits per heavy atom. The van der Waals surface area contributed by atoms with Crippen LogP contribution in [-0.2, 0) is 16.0 Å². The second-order valence-corrected chi connectivity index (χ2v) is 10.1. The first kappa shape index (κ1) is 26.7. The lowest BCUT2D eigenvalue weighted by molar-refractivity contribution is -0.156. The van der Waals surface area contributed by atoms with Crippen LogP contribution in [-0.4, -0.2) is 17.2 Å². The van der Waals surface area contributed by atoms with Gasteiger partial charge in [-0.25, -0.2) is 4.79 Å². The van der Waals surface area contributed by atoms with Gasteiger partial charge >= 0.3 is 11.6 Å². The van der Waals surface area contributed by atoms with E-state index >= 15 is 0 Å². The van der Waals surface area contributed by atoms with Crippen LogP contribution in [0.5, 0.6) is 5.75 Å². The van der Waals surface area contributed by atoms with Gasteiger partial charge in [0.05, 0.1) is 5.56 Å². The summed E-state index contributed by atoms with van der Waals surface area (Å²) in [5, 5.41) is 9.99. The van der Waals surface area contributed by atoms with Gasteiger partial charge in [0.15, 0.2) is 0 Å². The maximum absolute atomic E-state index is 11.9. The van der Waals surface area contributed by atoms with Gasteiger partial charge in [-0.05, 0) is 65.2 Å². The number of aryl methyl sites for hydroxylation is 1. The van der Waals surface area contributed by atoms with Crippen LogP contribution in [0, 0.1) is 18.3 Å². The Morgan fingerprint density at radius 3 is 2.48 bits per heavy atom. The van der Waals surface area contributed by atoms with Crippen LogP contribution in [0.3, 0.4) is 0 Å². The zero-order valence-electron chi connectivity index (χ0n) is 21.1. The second kappa shape index (κ2) is 11.5. The summed E-state index contributed by atoms with van der Waals surface area (Å²) in [5.74, 6) is 0.482. The lowest BCUT2D eigenvalue weighted by Gasteiger charge is -2.45. The van der Waals surface area contributed by atoms with E-state index in [0.29, 0.717) is 23.7 Å². The van der Waals surface area contributed by atoms with E-state index in [9.17, 15) is 14.7 Å². The first-order valence-corrected chi connectivity index (χ1v) is 11.9. The highest BCUT2D eigenvalue weighted by Crippen LogP contribution is 2.46. The van der Waals surface area contributed by atoms with Crippen molar-refractivity contribution in [2.75, 3.05) is 0 Å². The number of rotatable bonds is 9. The van der Waals surface area contributed by atoms with Crippen molar-refractivity contribution in [1.29, 1.82) is 0 Å². The number of esters is 1. The largest absolute Gasteiger partial charge is 0.507 e. The monoisotopic (exact) mass is 456 g/mol. The molecular weight excluding hydrogens is 416 g/mol. The molecule has 5 nitrogen and oxygen atoms in total. The highest BCUT2D eigenvalue weighted by atomic mass is 16.5. The van der Waals surface area contributed by atoms with E-state index < -0.39 is 5.63 Å². The molecule has 5 heteroatoms. The Hall–Kier alpha value is -2.56. The fourth-order valence-corrected chi connectivity index (χ4v) is 4.75. The van der Waals surface area contributed by atoms with E-state index in [2.05, 4.69) is 40.3 Å². The number of aromatic hydroxyl groups is 1. The van der Waals surface area contributed by atoms with E-state index in [-0.39, 0.29) is 23.2 Å². The number of hydrogen-bond donors (Lipinski definition) is 1. The van der Waals surface area contributed by atoms with Crippen LogP contribution in [0.4, 0.5) is 0 Å². The summed E-state index contributed by atoms with van der Waals surface area (Å²) >= 11 is 0. The first-order chi connectivity index (χ1) is 15.4. The molecule has 0 spiro atoms. The molecule has 1 fully saturated rings. The van der Waals surface area contributed by atoms with E-state index in [1.54, 1.807) is 6.92 Å². The Kier molecular flexibility index (Phi) is 9.33. The van der Waals surface area contributed by atoms with Crippen molar-refractivity contribution in [3.05, 3.63) is 63.3 Å². The van der Waals surface area contributed by atoms with Crippen molar-refractivity contribution in [2.24, 2.45) is 11.3 Å². The number of ether oxygens (including phenoxy) is 1. The third kappa shape index (κ3) is 7.48. The van der Waals surface area contributed by atoms with Crippen molar-refractivity contribution in [3.8, 4) is 5.75 Å². The number of carbonyl (C=O) groups excluding carboxylic acids is 1. The predicted octanol–water partition coefficient (Wildman–Crippen LogP) is 6.57. The van der Waals surface area contributed by atoms with Gasteiger partial charge in [-0.1, -0.05) is 49.3 Å². The molecule has 33 heavy (non-hydrogen) atoms. The van der Waals surface area contributed by atoms with E-state index in [1.165, 1.54) is 29.7 Å². The van der Waals surface area contributed by atoms with Crippen molar-refractivity contribution < 1.29 is 19.1 Å². The van der Waals surface area contributed by atoms with Crippen molar-refractivity contribution in [3.63, 3.8) is 0 Å². The van der Waals surface area contributed by atoms with Crippen molar-refractivity contribution in [1.82, 2.24) is 0 Å². The summed E-state index contributed by atoms with van der Waals surface area (Å²) in [4.78, 5) is 23.4.